The van der Waals surface area contributed by atoms with Crippen molar-refractivity contribution in [3.8, 4) is 11.8 Å². The number of ether oxygens (including phenoxy) is 1. The van der Waals surface area contributed by atoms with Crippen molar-refractivity contribution in [3.63, 3.8) is 0 Å². The lowest BCUT2D eigenvalue weighted by atomic mass is 9.86. The first-order valence-corrected chi connectivity index (χ1v) is 12.3. The van der Waals surface area contributed by atoms with Crippen LogP contribution in [0.4, 0.5) is 0 Å². The van der Waals surface area contributed by atoms with Crippen LogP contribution in [-0.4, -0.2) is 26.8 Å². The van der Waals surface area contributed by atoms with Crippen molar-refractivity contribution in [2.45, 2.75) is 51.5 Å². The minimum absolute atomic E-state index is 0.0186. The van der Waals surface area contributed by atoms with Crippen LogP contribution in [0.3, 0.4) is 0 Å². The number of nitrogens with zero attached hydrogens (tertiary/aromatic N) is 2. The average Bonchev–Trinajstić information content (AvgIpc) is 3.55. The summed E-state index contributed by atoms with van der Waals surface area (Å²) in [4.78, 5) is 35.6. The second-order valence-corrected chi connectivity index (χ2v) is 10.4. The zero-order valence-corrected chi connectivity index (χ0v) is 21.1. The Kier molecular flexibility index (Phi) is 5.87. The van der Waals surface area contributed by atoms with Crippen molar-refractivity contribution in [1.82, 2.24) is 20.3 Å². The van der Waals surface area contributed by atoms with E-state index in [1.54, 1.807) is 6.07 Å². The SMILES string of the molecule is CC(=O)NC(C)(C)c1ccc(Oc2nc3nc(C4C=CC(C5(C(N)=O)CC5)=CC4)c(Cl)cc3[nH]2)cc1. The third kappa shape index (κ3) is 4.48. The van der Waals surface area contributed by atoms with Gasteiger partial charge >= 0.3 is 6.01 Å². The second-order valence-electron chi connectivity index (χ2n) is 10.0. The summed E-state index contributed by atoms with van der Waals surface area (Å²) in [5.74, 6) is 0.226. The monoisotopic (exact) mass is 505 g/mol. The maximum absolute atomic E-state index is 11.8. The number of benzene rings is 1. The standard InChI is InChI=1S/C27H28ClN5O3/c1-15(34)33-26(2,3)17-8-10-19(11-9-17)36-25-30-21-14-20(28)22(31-23(21)32-25)16-4-6-18(7-5-16)27(12-13-27)24(29)35/h4,6-11,14,16H,5,12-13H2,1-3H3,(H2,29,35)(H,33,34)(H,30,31,32). The van der Waals surface area contributed by atoms with Crippen molar-refractivity contribution in [3.05, 3.63) is 70.4 Å². The van der Waals surface area contributed by atoms with Crippen LogP contribution < -0.4 is 15.8 Å². The topological polar surface area (TPSA) is 123 Å². The smallest absolute Gasteiger partial charge is 0.301 e. The lowest BCUT2D eigenvalue weighted by Crippen LogP contribution is -2.39. The van der Waals surface area contributed by atoms with E-state index in [0.29, 0.717) is 34.4 Å². The lowest BCUT2D eigenvalue weighted by molar-refractivity contribution is -0.122. The zero-order valence-electron chi connectivity index (χ0n) is 20.4. The number of hydrogen-bond acceptors (Lipinski definition) is 5. The van der Waals surface area contributed by atoms with Gasteiger partial charge in [-0.3, -0.25) is 9.59 Å². The number of halogens is 1. The Morgan fingerprint density at radius 3 is 2.53 bits per heavy atom. The Morgan fingerprint density at radius 2 is 1.94 bits per heavy atom. The van der Waals surface area contributed by atoms with Gasteiger partial charge < -0.3 is 20.8 Å². The van der Waals surface area contributed by atoms with Crippen LogP contribution in [0.5, 0.6) is 11.8 Å². The number of nitrogens with two attached hydrogens (primary N) is 1. The fraction of sp³-hybridized carbons (Fsp3) is 0.333. The molecule has 1 fully saturated rings. The third-order valence-corrected chi connectivity index (χ3v) is 7.24. The highest BCUT2D eigenvalue weighted by atomic mass is 35.5. The van der Waals surface area contributed by atoms with E-state index in [0.717, 1.165) is 29.7 Å². The lowest BCUT2D eigenvalue weighted by Gasteiger charge is -2.26. The molecule has 3 aromatic rings. The van der Waals surface area contributed by atoms with Crippen LogP contribution in [0.2, 0.25) is 5.02 Å². The molecule has 2 amide bonds. The number of rotatable bonds is 7. The Bertz CT molecular complexity index is 1420. The number of carbonyl (C=O) groups excluding carboxylic acids is 2. The van der Waals surface area contributed by atoms with Crippen molar-refractivity contribution in [2.75, 3.05) is 0 Å². The first-order valence-electron chi connectivity index (χ1n) is 11.9. The maximum atomic E-state index is 11.8. The van der Waals surface area contributed by atoms with E-state index < -0.39 is 11.0 Å². The Labute approximate surface area is 214 Å². The predicted molar refractivity (Wildman–Crippen MR) is 138 cm³/mol. The molecule has 2 aliphatic rings. The summed E-state index contributed by atoms with van der Waals surface area (Å²) in [6.07, 6.45) is 8.38. The Balaban J connectivity index is 1.32. The largest absolute Gasteiger partial charge is 0.426 e. The van der Waals surface area contributed by atoms with Crippen molar-refractivity contribution in [2.24, 2.45) is 11.1 Å². The van der Waals surface area contributed by atoms with Crippen LogP contribution >= 0.6 is 11.6 Å². The summed E-state index contributed by atoms with van der Waals surface area (Å²) in [7, 11) is 0. The number of allylic oxidation sites excluding steroid dienone is 3. The van der Waals surface area contributed by atoms with E-state index in [2.05, 4.69) is 21.4 Å². The van der Waals surface area contributed by atoms with Gasteiger partial charge in [0.2, 0.25) is 11.8 Å². The van der Waals surface area contributed by atoms with Gasteiger partial charge in [0, 0.05) is 12.8 Å². The summed E-state index contributed by atoms with van der Waals surface area (Å²) in [5.41, 5.74) is 8.47. The Morgan fingerprint density at radius 1 is 1.22 bits per heavy atom. The highest BCUT2D eigenvalue weighted by Crippen LogP contribution is 2.53. The highest BCUT2D eigenvalue weighted by Gasteiger charge is 2.51. The minimum Gasteiger partial charge on any atom is -0.426 e. The fourth-order valence-electron chi connectivity index (χ4n) is 4.76. The number of hydrogen-bond donors (Lipinski definition) is 3. The summed E-state index contributed by atoms with van der Waals surface area (Å²) in [6, 6.07) is 9.57. The van der Waals surface area contributed by atoms with Gasteiger partial charge in [0.25, 0.3) is 0 Å². The van der Waals surface area contributed by atoms with E-state index in [4.69, 9.17) is 27.1 Å². The van der Waals surface area contributed by atoms with E-state index in [1.165, 1.54) is 6.92 Å². The van der Waals surface area contributed by atoms with Gasteiger partial charge in [0.05, 0.1) is 27.2 Å². The molecule has 9 heteroatoms. The molecule has 1 atom stereocenters. The van der Waals surface area contributed by atoms with Gasteiger partial charge in [-0.05, 0) is 62.4 Å². The number of carbonyl (C=O) groups is 2. The summed E-state index contributed by atoms with van der Waals surface area (Å²) < 4.78 is 5.91. The molecule has 0 saturated heterocycles. The van der Waals surface area contributed by atoms with E-state index >= 15 is 0 Å². The summed E-state index contributed by atoms with van der Waals surface area (Å²) >= 11 is 6.58. The molecular weight excluding hydrogens is 478 g/mol. The van der Waals surface area contributed by atoms with Gasteiger partial charge in [-0.25, -0.2) is 4.98 Å². The summed E-state index contributed by atoms with van der Waals surface area (Å²) in [6.45, 7) is 5.38. The number of fused-ring (bicyclic) bond motifs is 1. The number of imidazole rings is 1. The number of aromatic nitrogens is 3. The zero-order chi connectivity index (χ0) is 25.7. The van der Waals surface area contributed by atoms with Crippen molar-refractivity contribution < 1.29 is 14.3 Å². The second kappa shape index (κ2) is 8.78. The first-order chi connectivity index (χ1) is 17.1. The van der Waals surface area contributed by atoms with E-state index in [1.807, 2.05) is 50.3 Å². The number of aromatic amines is 1. The third-order valence-electron chi connectivity index (χ3n) is 6.94. The molecule has 186 valence electrons. The van der Waals surface area contributed by atoms with Crippen molar-refractivity contribution >= 4 is 34.6 Å². The molecule has 0 spiro atoms. The normalized spacial score (nSPS) is 18.6. The van der Waals surface area contributed by atoms with E-state index in [9.17, 15) is 9.59 Å². The van der Waals surface area contributed by atoms with Gasteiger partial charge in [-0.2, -0.15) is 4.98 Å². The van der Waals surface area contributed by atoms with Gasteiger partial charge in [-0.15, -0.1) is 0 Å². The number of H-pyrrole nitrogens is 1. The molecular formula is C27H28ClN5O3. The molecule has 8 nitrogen and oxygen atoms in total. The number of nitrogens with one attached hydrogen (secondary N) is 2. The minimum atomic E-state index is -0.497. The molecule has 1 unspecified atom stereocenters. The van der Waals surface area contributed by atoms with Crippen molar-refractivity contribution in [1.29, 1.82) is 0 Å². The van der Waals surface area contributed by atoms with Crippen LogP contribution in [0.1, 0.15) is 57.2 Å². The van der Waals surface area contributed by atoms with Gasteiger partial charge in [-0.1, -0.05) is 42.0 Å². The molecule has 1 saturated carbocycles. The molecule has 2 aromatic heterocycles. The number of pyridine rings is 1. The molecule has 4 N–H and O–H groups in total. The van der Waals surface area contributed by atoms with Gasteiger partial charge in [0.1, 0.15) is 5.75 Å². The molecule has 1 aromatic carbocycles. The fourth-order valence-corrected chi connectivity index (χ4v) is 5.05. The van der Waals surface area contributed by atoms with Crippen LogP contribution in [0, 0.1) is 5.41 Å². The average molecular weight is 506 g/mol. The molecule has 0 bridgehead atoms. The molecule has 0 radical (unpaired) electrons. The first kappa shape index (κ1) is 24.1. The summed E-state index contributed by atoms with van der Waals surface area (Å²) in [5, 5.41) is 3.46. The maximum Gasteiger partial charge on any atom is 0.301 e. The van der Waals surface area contributed by atoms with Crippen LogP contribution in [-0.2, 0) is 15.1 Å². The molecule has 2 heterocycles. The molecule has 0 aliphatic heterocycles. The van der Waals surface area contributed by atoms with Crippen LogP contribution in [0.25, 0.3) is 11.2 Å². The molecule has 2 aliphatic carbocycles. The van der Waals surface area contributed by atoms with Crippen LogP contribution in [0.15, 0.2) is 54.1 Å². The highest BCUT2D eigenvalue weighted by molar-refractivity contribution is 6.31. The number of primary amides is 1. The Hall–Kier alpha value is -3.65. The molecule has 36 heavy (non-hydrogen) atoms. The number of amides is 2. The quantitative estimate of drug-likeness (QED) is 0.416. The van der Waals surface area contributed by atoms with Gasteiger partial charge in [0.15, 0.2) is 5.65 Å². The predicted octanol–water partition coefficient (Wildman–Crippen LogP) is 5.01. The van der Waals surface area contributed by atoms with E-state index in [-0.39, 0.29) is 17.7 Å². The molecule has 5 rings (SSSR count).